The Hall–Kier alpha value is -2.31. The van der Waals surface area contributed by atoms with E-state index in [0.29, 0.717) is 12.4 Å². The Morgan fingerprint density at radius 2 is 2.04 bits per heavy atom. The summed E-state index contributed by atoms with van der Waals surface area (Å²) in [4.78, 5) is 15.5. The molecule has 0 aliphatic rings. The van der Waals surface area contributed by atoms with Gasteiger partial charge in [0.05, 0.1) is 11.7 Å². The predicted octanol–water partition coefficient (Wildman–Crippen LogP) is 4.22. The number of ether oxygens (including phenoxy) is 1. The van der Waals surface area contributed by atoms with Gasteiger partial charge in [-0.05, 0) is 23.7 Å². The zero-order valence-corrected chi connectivity index (χ0v) is 15.9. The van der Waals surface area contributed by atoms with Crippen molar-refractivity contribution in [2.24, 2.45) is 0 Å². The molecule has 6 heteroatoms. The van der Waals surface area contributed by atoms with Crippen molar-refractivity contribution in [2.75, 3.05) is 6.61 Å². The number of aldehydes is 1. The van der Waals surface area contributed by atoms with Crippen molar-refractivity contribution in [1.82, 2.24) is 14.8 Å². The summed E-state index contributed by atoms with van der Waals surface area (Å²) in [6.07, 6.45) is 4.53. The van der Waals surface area contributed by atoms with Gasteiger partial charge in [-0.3, -0.25) is 4.79 Å². The van der Waals surface area contributed by atoms with Gasteiger partial charge in [-0.2, -0.15) is 5.10 Å². The fourth-order valence-corrected chi connectivity index (χ4v) is 3.36. The molecule has 0 aliphatic heterocycles. The topological polar surface area (TPSA) is 57.0 Å². The molecule has 2 heterocycles. The van der Waals surface area contributed by atoms with Gasteiger partial charge in [0.25, 0.3) is 0 Å². The van der Waals surface area contributed by atoms with Crippen molar-refractivity contribution in [2.45, 2.75) is 32.4 Å². The normalized spacial score (nSPS) is 11.8. The molecule has 0 amide bonds. The van der Waals surface area contributed by atoms with Crippen molar-refractivity contribution < 1.29 is 9.53 Å². The number of fused-ring (bicyclic) bond motifs is 1. The summed E-state index contributed by atoms with van der Waals surface area (Å²) in [5.74, 6) is 0. The minimum absolute atomic E-state index is 0.424. The molecular weight excluding hydrogens is 330 g/mol. The fourth-order valence-electron chi connectivity index (χ4n) is 2.60. The smallest absolute Gasteiger partial charge is 0.168 e. The largest absolute Gasteiger partial charge is 0.360 e. The highest BCUT2D eigenvalue weighted by Gasteiger charge is 2.13. The van der Waals surface area contributed by atoms with E-state index < -0.39 is 8.07 Å². The molecule has 1 aromatic carbocycles. The summed E-state index contributed by atoms with van der Waals surface area (Å²) in [7, 11) is -1.08. The van der Waals surface area contributed by atoms with Gasteiger partial charge in [0.2, 0.25) is 0 Å². The van der Waals surface area contributed by atoms with Crippen LogP contribution in [0, 0.1) is 0 Å². The maximum Gasteiger partial charge on any atom is 0.168 e. The van der Waals surface area contributed by atoms with Crippen molar-refractivity contribution in [3.05, 3.63) is 48.4 Å². The quantitative estimate of drug-likeness (QED) is 0.362. The van der Waals surface area contributed by atoms with Crippen LogP contribution in [-0.4, -0.2) is 35.7 Å². The number of hydrogen-bond acceptors (Lipinski definition) is 4. The van der Waals surface area contributed by atoms with Crippen LogP contribution in [0.2, 0.25) is 25.7 Å². The maximum atomic E-state index is 11.2. The molecule has 0 N–H and O–H groups in total. The molecule has 130 valence electrons. The van der Waals surface area contributed by atoms with Crippen LogP contribution in [0.5, 0.6) is 0 Å². The lowest BCUT2D eigenvalue weighted by atomic mass is 10.0. The summed E-state index contributed by atoms with van der Waals surface area (Å²) in [5.41, 5.74) is 3.14. The Balaban J connectivity index is 1.80. The van der Waals surface area contributed by atoms with Gasteiger partial charge in [0.1, 0.15) is 12.4 Å². The number of benzene rings is 1. The van der Waals surface area contributed by atoms with E-state index in [4.69, 9.17) is 4.74 Å². The average molecular weight is 353 g/mol. The summed E-state index contributed by atoms with van der Waals surface area (Å²) in [6, 6.07) is 10.8. The number of para-hydroxylation sites is 1. The van der Waals surface area contributed by atoms with Gasteiger partial charge in [0.15, 0.2) is 6.29 Å². The molecule has 3 aromatic rings. The van der Waals surface area contributed by atoms with Crippen molar-refractivity contribution in [1.29, 1.82) is 0 Å². The average Bonchev–Trinajstić information content (AvgIpc) is 3.05. The second kappa shape index (κ2) is 7.29. The van der Waals surface area contributed by atoms with Gasteiger partial charge in [-0.25, -0.2) is 9.67 Å². The van der Waals surface area contributed by atoms with E-state index in [9.17, 15) is 4.79 Å². The van der Waals surface area contributed by atoms with E-state index in [1.54, 1.807) is 10.9 Å². The third-order valence-corrected chi connectivity index (χ3v) is 5.73. The number of aromatic nitrogens is 3. The molecule has 0 saturated heterocycles. The lowest BCUT2D eigenvalue weighted by molar-refractivity contribution is 0.0786. The molecule has 0 aliphatic carbocycles. The second-order valence-corrected chi connectivity index (χ2v) is 13.0. The monoisotopic (exact) mass is 353 g/mol. The van der Waals surface area contributed by atoms with Crippen LogP contribution < -0.4 is 0 Å². The van der Waals surface area contributed by atoms with Gasteiger partial charge in [-0.15, -0.1) is 0 Å². The number of nitrogens with zero attached hydrogens (tertiary/aromatic N) is 3. The van der Waals surface area contributed by atoms with E-state index in [1.807, 2.05) is 36.5 Å². The molecule has 0 bridgehead atoms. The Kier molecular flexibility index (Phi) is 5.10. The highest BCUT2D eigenvalue weighted by molar-refractivity contribution is 6.76. The van der Waals surface area contributed by atoms with E-state index in [0.717, 1.165) is 41.0 Å². The molecule has 2 aromatic heterocycles. The van der Waals surface area contributed by atoms with E-state index in [1.165, 1.54) is 0 Å². The first-order chi connectivity index (χ1) is 12.0. The van der Waals surface area contributed by atoms with Crippen molar-refractivity contribution in [3.63, 3.8) is 0 Å². The molecule has 5 nitrogen and oxygen atoms in total. The van der Waals surface area contributed by atoms with Crippen molar-refractivity contribution in [3.8, 4) is 11.1 Å². The minimum Gasteiger partial charge on any atom is -0.360 e. The molecule has 0 atom stereocenters. The van der Waals surface area contributed by atoms with Crippen LogP contribution in [-0.2, 0) is 11.5 Å². The number of pyridine rings is 1. The molecule has 0 saturated carbocycles. The summed E-state index contributed by atoms with van der Waals surface area (Å²) in [5, 5.41) is 5.39. The molecule has 3 rings (SSSR count). The van der Waals surface area contributed by atoms with E-state index in [2.05, 4.69) is 29.7 Å². The summed E-state index contributed by atoms with van der Waals surface area (Å²) in [6.45, 7) is 8.21. The fraction of sp³-hybridized carbons (Fsp3) is 0.316. The van der Waals surface area contributed by atoms with E-state index in [-0.39, 0.29) is 0 Å². The molecule has 0 radical (unpaired) electrons. The van der Waals surface area contributed by atoms with Gasteiger partial charge < -0.3 is 4.74 Å². The van der Waals surface area contributed by atoms with Crippen LogP contribution in [0.15, 0.2) is 42.7 Å². The van der Waals surface area contributed by atoms with Crippen LogP contribution in [0.1, 0.15) is 10.5 Å². The number of rotatable bonds is 7. The summed E-state index contributed by atoms with van der Waals surface area (Å²) < 4.78 is 7.53. The third kappa shape index (κ3) is 4.40. The lowest BCUT2D eigenvalue weighted by Crippen LogP contribution is -2.22. The molecule has 0 unspecified atom stereocenters. The maximum absolute atomic E-state index is 11.2. The highest BCUT2D eigenvalue weighted by Crippen LogP contribution is 2.28. The van der Waals surface area contributed by atoms with Crippen LogP contribution in [0.25, 0.3) is 22.0 Å². The first kappa shape index (κ1) is 17.5. The Labute approximate surface area is 148 Å². The summed E-state index contributed by atoms with van der Waals surface area (Å²) >= 11 is 0. The SMILES string of the molecule is C[Si](C)(C)CCOCn1cc(-c2cc(C=O)nc3ccccc23)cn1. The number of carbonyl (C=O) groups is 1. The highest BCUT2D eigenvalue weighted by atomic mass is 28.3. The second-order valence-electron chi connectivity index (χ2n) is 7.35. The zero-order valence-electron chi connectivity index (χ0n) is 14.9. The van der Waals surface area contributed by atoms with Gasteiger partial charge in [-0.1, -0.05) is 37.8 Å². The minimum atomic E-state index is -1.08. The van der Waals surface area contributed by atoms with Crippen molar-refractivity contribution >= 4 is 25.3 Å². The molecule has 25 heavy (non-hydrogen) atoms. The number of hydrogen-bond donors (Lipinski definition) is 0. The first-order valence-corrected chi connectivity index (χ1v) is 12.1. The van der Waals surface area contributed by atoms with Gasteiger partial charge in [0, 0.05) is 31.8 Å². The molecule has 0 fully saturated rings. The van der Waals surface area contributed by atoms with Crippen LogP contribution in [0.4, 0.5) is 0 Å². The van der Waals surface area contributed by atoms with E-state index >= 15 is 0 Å². The van der Waals surface area contributed by atoms with Gasteiger partial charge >= 0.3 is 0 Å². The first-order valence-electron chi connectivity index (χ1n) is 8.42. The Bertz CT molecular complexity index is 884. The van der Waals surface area contributed by atoms with Crippen LogP contribution >= 0.6 is 0 Å². The van der Waals surface area contributed by atoms with Crippen LogP contribution in [0.3, 0.4) is 0 Å². The lowest BCUT2D eigenvalue weighted by Gasteiger charge is -2.15. The Morgan fingerprint density at radius 3 is 2.80 bits per heavy atom. The number of carbonyl (C=O) groups excluding carboxylic acids is 1. The molecule has 0 spiro atoms. The molecular formula is C19H23N3O2Si. The Morgan fingerprint density at radius 1 is 1.24 bits per heavy atom. The zero-order chi connectivity index (χ0) is 17.9. The third-order valence-electron chi connectivity index (χ3n) is 4.02. The standard InChI is InChI=1S/C19H23N3O2Si/c1-25(2,3)9-8-24-14-22-12-15(11-20-22)18-10-16(13-23)21-19-7-5-4-6-17(18)19/h4-7,10-13H,8-9,14H2,1-3H3. The predicted molar refractivity (Wildman–Crippen MR) is 102 cm³/mol.